The average Bonchev–Trinajstić information content (AvgIpc) is 2.31. The Morgan fingerprint density at radius 2 is 2.50 bits per heavy atom. The van der Waals surface area contributed by atoms with Crippen LogP contribution in [0, 0.1) is 0 Å². The Hall–Kier alpha value is -0.540. The summed E-state index contributed by atoms with van der Waals surface area (Å²) in [7, 11) is 0. The van der Waals surface area contributed by atoms with Gasteiger partial charge >= 0.3 is 0 Å². The molecule has 0 fully saturated rings. The van der Waals surface area contributed by atoms with Crippen LogP contribution in [0.2, 0.25) is 0 Å². The minimum absolute atomic E-state index is 0.0349. The molecular formula is C7H7BrO2. The number of halogens is 1. The van der Waals surface area contributed by atoms with E-state index in [0.717, 1.165) is 10.2 Å². The minimum atomic E-state index is 0.0349. The molecule has 0 atom stereocenters. The van der Waals surface area contributed by atoms with Crippen LogP contribution in [0.15, 0.2) is 27.3 Å². The maximum absolute atomic E-state index is 8.41. The molecule has 0 aliphatic rings. The van der Waals surface area contributed by atoms with Crippen molar-refractivity contribution in [1.82, 2.24) is 0 Å². The maximum atomic E-state index is 8.41. The van der Waals surface area contributed by atoms with Crippen molar-refractivity contribution >= 4 is 22.0 Å². The van der Waals surface area contributed by atoms with Gasteiger partial charge in [0.25, 0.3) is 0 Å². The van der Waals surface area contributed by atoms with E-state index in [1.54, 1.807) is 24.5 Å². The van der Waals surface area contributed by atoms with Gasteiger partial charge in [0.05, 0.1) is 17.3 Å². The summed E-state index contributed by atoms with van der Waals surface area (Å²) in [5.74, 6) is 0.731. The van der Waals surface area contributed by atoms with Crippen molar-refractivity contribution < 1.29 is 9.52 Å². The molecule has 0 aliphatic carbocycles. The molecule has 0 spiro atoms. The van der Waals surface area contributed by atoms with E-state index < -0.39 is 0 Å². The summed E-state index contributed by atoms with van der Waals surface area (Å²) in [6, 6.07) is 1.80. The highest BCUT2D eigenvalue weighted by Crippen LogP contribution is 2.18. The van der Waals surface area contributed by atoms with Crippen LogP contribution in [0.1, 0.15) is 5.76 Å². The molecule has 1 heterocycles. The van der Waals surface area contributed by atoms with Crippen molar-refractivity contribution in [3.05, 3.63) is 28.6 Å². The van der Waals surface area contributed by atoms with E-state index in [9.17, 15) is 0 Å². The normalized spacial score (nSPS) is 11.0. The fourth-order valence-electron chi connectivity index (χ4n) is 0.584. The molecule has 0 bridgehead atoms. The summed E-state index contributed by atoms with van der Waals surface area (Å²) >= 11 is 3.27. The summed E-state index contributed by atoms with van der Waals surface area (Å²) in [5, 5.41) is 8.41. The van der Waals surface area contributed by atoms with Crippen molar-refractivity contribution in [2.24, 2.45) is 0 Å². The lowest BCUT2D eigenvalue weighted by molar-refractivity contribution is 0.343. The topological polar surface area (TPSA) is 33.4 Å². The van der Waals surface area contributed by atoms with Crippen molar-refractivity contribution in [3.8, 4) is 0 Å². The van der Waals surface area contributed by atoms with Gasteiger partial charge in [-0.05, 0) is 28.1 Å². The molecule has 0 aliphatic heterocycles. The molecule has 10 heavy (non-hydrogen) atoms. The summed E-state index contributed by atoms with van der Waals surface area (Å²) in [5.41, 5.74) is 0. The molecule has 1 N–H and O–H groups in total. The fourth-order valence-corrected chi connectivity index (χ4v) is 0.918. The third kappa shape index (κ3) is 1.72. The third-order valence-electron chi connectivity index (χ3n) is 1.02. The van der Waals surface area contributed by atoms with E-state index in [-0.39, 0.29) is 6.61 Å². The first-order valence-electron chi connectivity index (χ1n) is 2.85. The number of hydrogen-bond donors (Lipinski definition) is 1. The molecule has 0 aromatic carbocycles. The van der Waals surface area contributed by atoms with Crippen LogP contribution < -0.4 is 0 Å². The van der Waals surface area contributed by atoms with Crippen LogP contribution in [0.25, 0.3) is 6.08 Å². The zero-order chi connectivity index (χ0) is 7.40. The van der Waals surface area contributed by atoms with Gasteiger partial charge in [0.15, 0.2) is 0 Å². The minimum Gasteiger partial charge on any atom is -0.464 e. The Balaban J connectivity index is 2.74. The van der Waals surface area contributed by atoms with E-state index in [0.29, 0.717) is 0 Å². The molecule has 0 unspecified atom stereocenters. The highest BCUT2D eigenvalue weighted by molar-refractivity contribution is 9.10. The molecule has 0 amide bonds. The highest BCUT2D eigenvalue weighted by Gasteiger charge is 1.95. The first-order valence-corrected chi connectivity index (χ1v) is 3.64. The zero-order valence-electron chi connectivity index (χ0n) is 5.25. The molecule has 2 nitrogen and oxygen atoms in total. The summed E-state index contributed by atoms with van der Waals surface area (Å²) < 4.78 is 5.92. The third-order valence-corrected chi connectivity index (χ3v) is 1.67. The van der Waals surface area contributed by atoms with Gasteiger partial charge in [-0.1, -0.05) is 6.08 Å². The van der Waals surface area contributed by atoms with Gasteiger partial charge in [0.1, 0.15) is 5.76 Å². The Kier molecular flexibility index (Phi) is 2.71. The van der Waals surface area contributed by atoms with Crippen LogP contribution >= 0.6 is 15.9 Å². The molecule has 0 radical (unpaired) electrons. The first kappa shape index (κ1) is 7.57. The van der Waals surface area contributed by atoms with Crippen molar-refractivity contribution in [3.63, 3.8) is 0 Å². The smallest absolute Gasteiger partial charge is 0.140 e. The van der Waals surface area contributed by atoms with Crippen molar-refractivity contribution in [2.75, 3.05) is 6.61 Å². The largest absolute Gasteiger partial charge is 0.464 e. The Morgan fingerprint density at radius 1 is 1.70 bits per heavy atom. The fraction of sp³-hybridized carbons (Fsp3) is 0.143. The molecular weight excluding hydrogens is 196 g/mol. The predicted octanol–water partition coefficient (Wildman–Crippen LogP) is 2.05. The molecule has 0 saturated heterocycles. The Labute approximate surface area is 67.3 Å². The highest BCUT2D eigenvalue weighted by atomic mass is 79.9. The molecule has 0 saturated carbocycles. The van der Waals surface area contributed by atoms with Crippen LogP contribution in [0.4, 0.5) is 0 Å². The SMILES string of the molecule is OCC=Cc1occc1Br. The lowest BCUT2D eigenvalue weighted by Crippen LogP contribution is -1.70. The molecule has 1 aromatic heterocycles. The number of aliphatic hydroxyl groups excluding tert-OH is 1. The van der Waals surface area contributed by atoms with E-state index >= 15 is 0 Å². The van der Waals surface area contributed by atoms with Gasteiger partial charge in [0, 0.05) is 0 Å². The second-order valence-electron chi connectivity index (χ2n) is 1.72. The number of hydrogen-bond acceptors (Lipinski definition) is 2. The number of aliphatic hydroxyl groups is 1. The number of furan rings is 1. The second-order valence-corrected chi connectivity index (χ2v) is 2.57. The van der Waals surface area contributed by atoms with Gasteiger partial charge < -0.3 is 9.52 Å². The Morgan fingerprint density at radius 3 is 3.00 bits per heavy atom. The monoisotopic (exact) mass is 202 g/mol. The van der Waals surface area contributed by atoms with Gasteiger partial charge in [-0.3, -0.25) is 0 Å². The molecule has 1 aromatic rings. The summed E-state index contributed by atoms with van der Waals surface area (Å²) in [6.07, 6.45) is 4.91. The van der Waals surface area contributed by atoms with E-state index in [4.69, 9.17) is 9.52 Å². The second kappa shape index (κ2) is 3.58. The lowest BCUT2D eigenvalue weighted by Gasteiger charge is -1.84. The van der Waals surface area contributed by atoms with Crippen LogP contribution in [0.3, 0.4) is 0 Å². The predicted molar refractivity (Wildman–Crippen MR) is 42.5 cm³/mol. The molecule has 54 valence electrons. The maximum Gasteiger partial charge on any atom is 0.140 e. The van der Waals surface area contributed by atoms with E-state index in [1.165, 1.54) is 0 Å². The van der Waals surface area contributed by atoms with Gasteiger partial charge in [-0.2, -0.15) is 0 Å². The summed E-state index contributed by atoms with van der Waals surface area (Å²) in [6.45, 7) is 0.0349. The van der Waals surface area contributed by atoms with Crippen LogP contribution in [-0.4, -0.2) is 11.7 Å². The van der Waals surface area contributed by atoms with Gasteiger partial charge in [0.2, 0.25) is 0 Å². The van der Waals surface area contributed by atoms with Crippen LogP contribution in [-0.2, 0) is 0 Å². The zero-order valence-corrected chi connectivity index (χ0v) is 6.84. The standard InChI is InChI=1S/C7H7BrO2/c8-6-3-5-10-7(6)2-1-4-9/h1-3,5,9H,4H2. The molecule has 3 heteroatoms. The quantitative estimate of drug-likeness (QED) is 0.797. The van der Waals surface area contributed by atoms with E-state index in [1.807, 2.05) is 0 Å². The van der Waals surface area contributed by atoms with Gasteiger partial charge in [-0.25, -0.2) is 0 Å². The Bertz CT molecular complexity index is 227. The van der Waals surface area contributed by atoms with Crippen molar-refractivity contribution in [1.29, 1.82) is 0 Å². The van der Waals surface area contributed by atoms with Crippen molar-refractivity contribution in [2.45, 2.75) is 0 Å². The van der Waals surface area contributed by atoms with Crippen LogP contribution in [0.5, 0.6) is 0 Å². The lowest BCUT2D eigenvalue weighted by atomic mass is 10.4. The van der Waals surface area contributed by atoms with E-state index in [2.05, 4.69) is 15.9 Å². The average molecular weight is 203 g/mol. The molecule has 1 rings (SSSR count). The summed E-state index contributed by atoms with van der Waals surface area (Å²) in [4.78, 5) is 0. The van der Waals surface area contributed by atoms with Gasteiger partial charge in [-0.15, -0.1) is 0 Å². The number of rotatable bonds is 2. The first-order chi connectivity index (χ1) is 4.84.